The second-order valence-electron chi connectivity index (χ2n) is 2.50. The van der Waals surface area contributed by atoms with E-state index in [2.05, 4.69) is 0 Å². The Morgan fingerprint density at radius 1 is 1.57 bits per heavy atom. The first-order valence-electron chi connectivity index (χ1n) is 3.64. The van der Waals surface area contributed by atoms with Crippen LogP contribution in [0.3, 0.4) is 0 Å². The van der Waals surface area contributed by atoms with Crippen molar-refractivity contribution in [3.63, 3.8) is 0 Å². The van der Waals surface area contributed by atoms with Gasteiger partial charge in [0.1, 0.15) is 12.4 Å². The lowest BCUT2D eigenvalue weighted by Gasteiger charge is -1.99. The van der Waals surface area contributed by atoms with Gasteiger partial charge >= 0.3 is 0 Å². The Morgan fingerprint density at radius 2 is 2.21 bits per heavy atom. The van der Waals surface area contributed by atoms with Crippen molar-refractivity contribution in [1.29, 1.82) is 0 Å². The van der Waals surface area contributed by atoms with E-state index in [-0.39, 0.29) is 5.69 Å². The zero-order valence-electron chi connectivity index (χ0n) is 6.94. The van der Waals surface area contributed by atoms with Gasteiger partial charge in [0.25, 0.3) is 5.69 Å². The molecule has 1 aromatic carbocycles. The molecule has 14 heavy (non-hydrogen) atoms. The fourth-order valence-electron chi connectivity index (χ4n) is 0.926. The zero-order chi connectivity index (χ0) is 10.7. The summed E-state index contributed by atoms with van der Waals surface area (Å²) < 4.78 is 12.9. The van der Waals surface area contributed by atoms with Crippen molar-refractivity contribution in [2.24, 2.45) is 0 Å². The summed E-state index contributed by atoms with van der Waals surface area (Å²) in [6.07, 6.45) is 0. The Hall–Kier alpha value is -1.82. The summed E-state index contributed by atoms with van der Waals surface area (Å²) in [4.78, 5) is 20.4. The van der Waals surface area contributed by atoms with Gasteiger partial charge in [0.05, 0.1) is 10.5 Å². The summed E-state index contributed by atoms with van der Waals surface area (Å²) in [6.45, 7) is -0.877. The van der Waals surface area contributed by atoms with Crippen LogP contribution in [0.25, 0.3) is 0 Å². The summed E-state index contributed by atoms with van der Waals surface area (Å²) in [7, 11) is 0. The third-order valence-electron chi connectivity index (χ3n) is 1.60. The molecule has 0 radical (unpaired) electrons. The molecule has 0 aliphatic rings. The van der Waals surface area contributed by atoms with E-state index in [1.54, 1.807) is 0 Å². The maximum absolute atomic E-state index is 12.9. The Kier molecular flexibility index (Phi) is 2.88. The first-order chi connectivity index (χ1) is 6.56. The van der Waals surface area contributed by atoms with Crippen molar-refractivity contribution in [3.8, 4) is 0 Å². The lowest BCUT2D eigenvalue weighted by molar-refractivity contribution is -0.384. The molecular formula is C8H6FNO4. The van der Waals surface area contributed by atoms with Gasteiger partial charge in [0.2, 0.25) is 0 Å². The number of non-ortho nitro benzene ring substituents is 1. The fourth-order valence-corrected chi connectivity index (χ4v) is 0.926. The van der Waals surface area contributed by atoms with Gasteiger partial charge in [-0.1, -0.05) is 0 Å². The first-order valence-corrected chi connectivity index (χ1v) is 3.64. The second kappa shape index (κ2) is 3.93. The van der Waals surface area contributed by atoms with Gasteiger partial charge in [-0.2, -0.15) is 0 Å². The molecule has 6 heteroatoms. The van der Waals surface area contributed by atoms with Crippen LogP contribution in [0.15, 0.2) is 18.2 Å². The number of halogens is 1. The van der Waals surface area contributed by atoms with E-state index < -0.39 is 28.7 Å². The highest BCUT2D eigenvalue weighted by molar-refractivity contribution is 5.97. The van der Waals surface area contributed by atoms with Crippen LogP contribution in [0.4, 0.5) is 10.1 Å². The van der Waals surface area contributed by atoms with Crippen molar-refractivity contribution >= 4 is 11.5 Å². The predicted molar refractivity (Wildman–Crippen MR) is 44.5 cm³/mol. The molecule has 0 unspecified atom stereocenters. The lowest BCUT2D eigenvalue weighted by Crippen LogP contribution is -2.07. The van der Waals surface area contributed by atoms with Crippen LogP contribution in [0.1, 0.15) is 10.4 Å². The molecule has 0 atom stereocenters. The monoisotopic (exact) mass is 199 g/mol. The van der Waals surface area contributed by atoms with Gasteiger partial charge in [-0.25, -0.2) is 4.39 Å². The molecule has 1 N–H and O–H groups in total. The third kappa shape index (κ3) is 1.91. The van der Waals surface area contributed by atoms with Crippen LogP contribution in [0.2, 0.25) is 0 Å². The number of Topliss-reactive ketones (excluding diaryl/α,β-unsaturated/α-hetero) is 1. The summed E-state index contributed by atoms with van der Waals surface area (Å²) in [6, 6.07) is 2.57. The minimum atomic E-state index is -0.883. The van der Waals surface area contributed by atoms with Crippen LogP contribution in [-0.2, 0) is 0 Å². The number of carbonyl (C=O) groups is 1. The van der Waals surface area contributed by atoms with Crippen LogP contribution in [0.5, 0.6) is 0 Å². The maximum atomic E-state index is 12.9. The molecule has 0 fully saturated rings. The molecule has 5 nitrogen and oxygen atoms in total. The highest BCUT2D eigenvalue weighted by atomic mass is 19.1. The Balaban J connectivity index is 3.21. The lowest BCUT2D eigenvalue weighted by atomic mass is 10.1. The molecule has 1 rings (SSSR count). The molecular weight excluding hydrogens is 193 g/mol. The Bertz CT molecular complexity index is 391. The SMILES string of the molecule is O=C(CO)c1cc([N+](=O)[O-])ccc1F. The van der Waals surface area contributed by atoms with E-state index >= 15 is 0 Å². The van der Waals surface area contributed by atoms with Crippen molar-refractivity contribution in [1.82, 2.24) is 0 Å². The zero-order valence-corrected chi connectivity index (χ0v) is 6.94. The largest absolute Gasteiger partial charge is 0.388 e. The number of nitrogens with zero attached hydrogens (tertiary/aromatic N) is 1. The minimum absolute atomic E-state index is 0.386. The van der Waals surface area contributed by atoms with E-state index in [0.29, 0.717) is 0 Å². The van der Waals surface area contributed by atoms with Crippen molar-refractivity contribution in [2.75, 3.05) is 6.61 Å². The van der Waals surface area contributed by atoms with Gasteiger partial charge in [0.15, 0.2) is 5.78 Å². The molecule has 0 aromatic heterocycles. The molecule has 0 amide bonds. The molecule has 0 bridgehead atoms. The van der Waals surface area contributed by atoms with E-state index in [9.17, 15) is 19.3 Å². The van der Waals surface area contributed by atoms with Crippen LogP contribution < -0.4 is 0 Å². The molecule has 1 aromatic rings. The number of carbonyl (C=O) groups excluding carboxylic acids is 1. The van der Waals surface area contributed by atoms with E-state index in [0.717, 1.165) is 18.2 Å². The maximum Gasteiger partial charge on any atom is 0.270 e. The number of nitro groups is 1. The first kappa shape index (κ1) is 10.3. The van der Waals surface area contributed by atoms with E-state index in [1.165, 1.54) is 0 Å². The highest BCUT2D eigenvalue weighted by Crippen LogP contribution is 2.16. The van der Waals surface area contributed by atoms with E-state index in [4.69, 9.17) is 5.11 Å². The number of hydrogen-bond acceptors (Lipinski definition) is 4. The summed E-state index contributed by atoms with van der Waals surface area (Å²) in [5.74, 6) is -1.76. The molecule has 74 valence electrons. The van der Waals surface area contributed by atoms with E-state index in [1.807, 2.05) is 0 Å². The minimum Gasteiger partial charge on any atom is -0.388 e. The van der Waals surface area contributed by atoms with Crippen molar-refractivity contribution in [2.45, 2.75) is 0 Å². The van der Waals surface area contributed by atoms with Gasteiger partial charge in [-0.3, -0.25) is 14.9 Å². The summed E-state index contributed by atoms with van der Waals surface area (Å²) in [5, 5.41) is 18.7. The highest BCUT2D eigenvalue weighted by Gasteiger charge is 2.15. The standard InChI is InChI=1S/C8H6FNO4/c9-7-2-1-5(10(13)14)3-6(7)8(12)4-11/h1-3,11H,4H2. The second-order valence-corrected chi connectivity index (χ2v) is 2.50. The normalized spacial score (nSPS) is 9.86. The molecule has 0 saturated heterocycles. The van der Waals surface area contributed by atoms with Crippen LogP contribution in [-0.4, -0.2) is 22.4 Å². The number of hydrogen-bond donors (Lipinski definition) is 1. The number of aliphatic hydroxyl groups is 1. The molecule has 0 heterocycles. The Morgan fingerprint density at radius 3 is 2.71 bits per heavy atom. The summed E-state index contributed by atoms with van der Waals surface area (Å²) in [5.41, 5.74) is -0.857. The molecule has 0 spiro atoms. The number of nitro benzene ring substituents is 1. The molecule has 0 aliphatic carbocycles. The average Bonchev–Trinajstić information content (AvgIpc) is 2.17. The van der Waals surface area contributed by atoms with Gasteiger partial charge in [-0.15, -0.1) is 0 Å². The van der Waals surface area contributed by atoms with Gasteiger partial charge in [-0.05, 0) is 6.07 Å². The number of ketones is 1. The van der Waals surface area contributed by atoms with Crippen molar-refractivity contribution in [3.05, 3.63) is 39.7 Å². The average molecular weight is 199 g/mol. The van der Waals surface area contributed by atoms with Crippen LogP contribution in [0, 0.1) is 15.9 Å². The predicted octanol–water partition coefficient (Wildman–Crippen LogP) is 0.909. The number of benzene rings is 1. The quantitative estimate of drug-likeness (QED) is 0.445. The smallest absolute Gasteiger partial charge is 0.270 e. The van der Waals surface area contributed by atoms with Gasteiger partial charge in [0, 0.05) is 12.1 Å². The molecule has 0 aliphatic heterocycles. The third-order valence-corrected chi connectivity index (χ3v) is 1.60. The number of rotatable bonds is 3. The van der Waals surface area contributed by atoms with Crippen LogP contribution >= 0.6 is 0 Å². The fraction of sp³-hybridized carbons (Fsp3) is 0.125. The number of aliphatic hydroxyl groups excluding tert-OH is 1. The Labute approximate surface area is 77.9 Å². The summed E-state index contributed by atoms with van der Waals surface area (Å²) >= 11 is 0. The van der Waals surface area contributed by atoms with Gasteiger partial charge < -0.3 is 5.11 Å². The topological polar surface area (TPSA) is 80.4 Å². The molecule has 0 saturated carbocycles. The van der Waals surface area contributed by atoms with Crippen molar-refractivity contribution < 1.29 is 19.2 Å².